The molecule has 94 valence electrons. The van der Waals surface area contributed by atoms with Crippen LogP contribution in [0.15, 0.2) is 24.3 Å². The zero-order chi connectivity index (χ0) is 12.1. The van der Waals surface area contributed by atoms with E-state index < -0.39 is 0 Å². The Labute approximate surface area is 102 Å². The number of hydrogen-bond donors (Lipinski definition) is 1. The lowest BCUT2D eigenvalue weighted by Crippen LogP contribution is -2.32. The molecule has 1 aliphatic rings. The molecule has 1 aliphatic carbocycles. The Morgan fingerprint density at radius 1 is 1.24 bits per heavy atom. The van der Waals surface area contributed by atoms with Crippen LogP contribution in [0.1, 0.15) is 31.2 Å². The highest BCUT2D eigenvalue weighted by Crippen LogP contribution is 2.22. The van der Waals surface area contributed by atoms with Gasteiger partial charge in [-0.1, -0.05) is 18.2 Å². The van der Waals surface area contributed by atoms with Crippen LogP contribution in [0.4, 0.5) is 4.39 Å². The minimum absolute atomic E-state index is 0.170. The minimum atomic E-state index is -0.170. The number of hydrogen-bond acceptors (Lipinski definition) is 2. The van der Waals surface area contributed by atoms with E-state index in [9.17, 15) is 4.39 Å². The van der Waals surface area contributed by atoms with Gasteiger partial charge in [0.25, 0.3) is 0 Å². The van der Waals surface area contributed by atoms with Gasteiger partial charge in [0.05, 0.1) is 12.7 Å². The molecule has 1 fully saturated rings. The van der Waals surface area contributed by atoms with Crippen LogP contribution in [0.2, 0.25) is 0 Å². The van der Waals surface area contributed by atoms with Gasteiger partial charge in [0, 0.05) is 11.6 Å². The van der Waals surface area contributed by atoms with Crippen molar-refractivity contribution in [3.05, 3.63) is 35.6 Å². The van der Waals surface area contributed by atoms with Gasteiger partial charge in [-0.3, -0.25) is 0 Å². The summed E-state index contributed by atoms with van der Waals surface area (Å²) in [6, 6.07) is 7.45. The summed E-state index contributed by atoms with van der Waals surface area (Å²) in [5, 5.41) is 3.29. The quantitative estimate of drug-likeness (QED) is 0.869. The third kappa shape index (κ3) is 3.51. The van der Waals surface area contributed by atoms with Gasteiger partial charge in [0.2, 0.25) is 0 Å². The first kappa shape index (κ1) is 12.5. The highest BCUT2D eigenvalue weighted by molar-refractivity contribution is 5.16. The fourth-order valence-corrected chi connectivity index (χ4v) is 2.34. The van der Waals surface area contributed by atoms with Gasteiger partial charge in [-0.25, -0.2) is 4.39 Å². The Bertz CT molecular complexity index is 348. The molecule has 17 heavy (non-hydrogen) atoms. The molecule has 2 nitrogen and oxygen atoms in total. The molecule has 0 heterocycles. The second-order valence-electron chi connectivity index (χ2n) is 4.66. The van der Waals surface area contributed by atoms with E-state index in [1.54, 1.807) is 12.1 Å². The average Bonchev–Trinajstić information content (AvgIpc) is 2.38. The maximum absolute atomic E-state index is 13.4. The lowest BCUT2D eigenvalue weighted by Gasteiger charge is -2.28. The number of benzene rings is 1. The van der Waals surface area contributed by atoms with E-state index in [0.717, 1.165) is 25.7 Å². The molecule has 0 spiro atoms. The maximum Gasteiger partial charge on any atom is 0.128 e. The van der Waals surface area contributed by atoms with Crippen molar-refractivity contribution in [1.82, 2.24) is 5.32 Å². The predicted molar refractivity (Wildman–Crippen MR) is 66.3 cm³/mol. The van der Waals surface area contributed by atoms with E-state index >= 15 is 0 Å². The monoisotopic (exact) mass is 237 g/mol. The van der Waals surface area contributed by atoms with Gasteiger partial charge in [0.1, 0.15) is 5.82 Å². The van der Waals surface area contributed by atoms with Crippen LogP contribution in [0, 0.1) is 5.82 Å². The maximum atomic E-state index is 13.4. The van der Waals surface area contributed by atoms with Crippen LogP contribution in [0.5, 0.6) is 0 Å². The van der Waals surface area contributed by atoms with E-state index in [4.69, 9.17) is 4.74 Å². The molecular weight excluding hydrogens is 217 g/mol. The van der Waals surface area contributed by atoms with Gasteiger partial charge in [-0.2, -0.15) is 0 Å². The molecule has 1 aromatic carbocycles. The highest BCUT2D eigenvalue weighted by atomic mass is 19.1. The van der Waals surface area contributed by atoms with Crippen LogP contribution in [0.25, 0.3) is 0 Å². The molecule has 2 rings (SSSR count). The van der Waals surface area contributed by atoms with Crippen molar-refractivity contribution >= 4 is 0 Å². The predicted octanol–water partition coefficient (Wildman–Crippen LogP) is 2.87. The second-order valence-corrected chi connectivity index (χ2v) is 4.66. The number of rotatable bonds is 4. The summed E-state index contributed by atoms with van der Waals surface area (Å²) in [4.78, 5) is 0. The fourth-order valence-electron chi connectivity index (χ4n) is 2.34. The van der Waals surface area contributed by atoms with Crippen LogP contribution in [0.3, 0.4) is 0 Å². The molecule has 0 aliphatic heterocycles. The van der Waals surface area contributed by atoms with Crippen LogP contribution >= 0.6 is 0 Å². The normalized spacial score (nSPS) is 24.8. The lowest BCUT2D eigenvalue weighted by atomic mass is 9.93. The van der Waals surface area contributed by atoms with Gasteiger partial charge in [-0.05, 0) is 38.8 Å². The molecule has 1 N–H and O–H groups in total. The van der Waals surface area contributed by atoms with Gasteiger partial charge < -0.3 is 10.1 Å². The van der Waals surface area contributed by atoms with Gasteiger partial charge in [0.15, 0.2) is 0 Å². The van der Waals surface area contributed by atoms with Crippen molar-refractivity contribution in [3.63, 3.8) is 0 Å². The van der Waals surface area contributed by atoms with Crippen molar-refractivity contribution in [2.45, 2.75) is 44.4 Å². The molecule has 0 saturated heterocycles. The van der Waals surface area contributed by atoms with Crippen LogP contribution in [-0.2, 0) is 11.3 Å². The fraction of sp³-hybridized carbons (Fsp3) is 0.571. The second kappa shape index (κ2) is 6.12. The summed E-state index contributed by atoms with van der Waals surface area (Å²) in [7, 11) is 2.01. The summed E-state index contributed by atoms with van der Waals surface area (Å²) in [5.74, 6) is -0.170. The van der Waals surface area contributed by atoms with Crippen LogP contribution < -0.4 is 5.32 Å². The zero-order valence-corrected chi connectivity index (χ0v) is 10.3. The molecule has 0 atom stereocenters. The molecule has 1 aromatic rings. The number of halogens is 1. The third-order valence-corrected chi connectivity index (χ3v) is 3.51. The topological polar surface area (TPSA) is 21.3 Å². The zero-order valence-electron chi connectivity index (χ0n) is 10.3. The summed E-state index contributed by atoms with van der Waals surface area (Å²) >= 11 is 0. The lowest BCUT2D eigenvalue weighted by molar-refractivity contribution is 0.0106. The highest BCUT2D eigenvalue weighted by Gasteiger charge is 2.20. The Morgan fingerprint density at radius 2 is 1.94 bits per heavy atom. The molecule has 0 aromatic heterocycles. The molecule has 0 radical (unpaired) electrons. The van der Waals surface area contributed by atoms with Crippen molar-refractivity contribution < 1.29 is 9.13 Å². The van der Waals surface area contributed by atoms with Crippen molar-refractivity contribution in [3.8, 4) is 0 Å². The molecule has 0 bridgehead atoms. The minimum Gasteiger partial charge on any atom is -0.373 e. The molecule has 3 heteroatoms. The standard InChI is InChI=1S/C14H20FNO/c1-16-12-6-8-13(9-7-12)17-10-11-4-2-3-5-14(11)15/h2-5,12-13,16H,6-10H2,1H3. The Hall–Kier alpha value is -0.930. The summed E-state index contributed by atoms with van der Waals surface area (Å²) < 4.78 is 19.1. The molecular formula is C14H20FNO. The van der Waals surface area contributed by atoms with Gasteiger partial charge in [-0.15, -0.1) is 0 Å². The SMILES string of the molecule is CNC1CCC(OCc2ccccc2F)CC1. The van der Waals surface area contributed by atoms with E-state index in [1.165, 1.54) is 6.07 Å². The Balaban J connectivity index is 1.78. The first-order chi connectivity index (χ1) is 8.29. The first-order valence-electron chi connectivity index (χ1n) is 6.32. The number of ether oxygens (including phenoxy) is 1. The molecule has 0 amide bonds. The van der Waals surface area contributed by atoms with Crippen molar-refractivity contribution in [1.29, 1.82) is 0 Å². The summed E-state index contributed by atoms with van der Waals surface area (Å²) in [6.07, 6.45) is 4.73. The Morgan fingerprint density at radius 3 is 2.59 bits per heavy atom. The molecule has 1 saturated carbocycles. The Kier molecular flexibility index (Phi) is 4.51. The van der Waals surface area contributed by atoms with E-state index in [1.807, 2.05) is 13.1 Å². The summed E-state index contributed by atoms with van der Waals surface area (Å²) in [5.41, 5.74) is 0.656. The largest absolute Gasteiger partial charge is 0.373 e. The molecule has 0 unspecified atom stereocenters. The van der Waals surface area contributed by atoms with E-state index in [0.29, 0.717) is 24.3 Å². The summed E-state index contributed by atoms with van der Waals surface area (Å²) in [6.45, 7) is 0.390. The van der Waals surface area contributed by atoms with E-state index in [-0.39, 0.29) is 5.82 Å². The smallest absolute Gasteiger partial charge is 0.128 e. The van der Waals surface area contributed by atoms with Crippen LogP contribution in [-0.4, -0.2) is 19.2 Å². The number of nitrogens with one attached hydrogen (secondary N) is 1. The van der Waals surface area contributed by atoms with Crippen molar-refractivity contribution in [2.75, 3.05) is 7.05 Å². The first-order valence-corrected chi connectivity index (χ1v) is 6.32. The third-order valence-electron chi connectivity index (χ3n) is 3.51. The van der Waals surface area contributed by atoms with E-state index in [2.05, 4.69) is 5.32 Å². The van der Waals surface area contributed by atoms with Crippen molar-refractivity contribution in [2.24, 2.45) is 0 Å². The van der Waals surface area contributed by atoms with Gasteiger partial charge >= 0.3 is 0 Å². The average molecular weight is 237 g/mol.